The number of nitro groups is 1. The Morgan fingerprint density at radius 3 is 2.75 bits per heavy atom. The molecule has 0 spiro atoms. The summed E-state index contributed by atoms with van der Waals surface area (Å²) >= 11 is 3.33. The minimum atomic E-state index is -0.432. The number of nitrogens with zero attached hydrogens (tertiary/aromatic N) is 3. The molecule has 8 heteroatoms. The van der Waals surface area contributed by atoms with Crippen LogP contribution in [0.5, 0.6) is 11.6 Å². The van der Waals surface area contributed by atoms with Crippen LogP contribution < -0.4 is 10.1 Å². The van der Waals surface area contributed by atoms with Crippen LogP contribution in [0.1, 0.15) is 5.56 Å². The Bertz CT molecular complexity index is 663. The van der Waals surface area contributed by atoms with E-state index in [9.17, 15) is 10.1 Å². The molecule has 0 amide bonds. The lowest BCUT2D eigenvalue weighted by molar-refractivity contribution is -0.385. The van der Waals surface area contributed by atoms with Crippen molar-refractivity contribution >= 4 is 27.4 Å². The molecular formula is C12H11BrN4O3. The van der Waals surface area contributed by atoms with E-state index in [1.807, 2.05) is 0 Å². The first-order chi connectivity index (χ1) is 9.52. The van der Waals surface area contributed by atoms with Crippen LogP contribution in [0.15, 0.2) is 29.0 Å². The van der Waals surface area contributed by atoms with Gasteiger partial charge < -0.3 is 10.1 Å². The summed E-state index contributed by atoms with van der Waals surface area (Å²) in [6.45, 7) is 1.65. The average Bonchev–Trinajstić information content (AvgIpc) is 2.41. The van der Waals surface area contributed by atoms with Crippen molar-refractivity contribution in [2.45, 2.75) is 6.92 Å². The number of nitrogens with one attached hydrogen (secondary N) is 1. The molecule has 0 bridgehead atoms. The average molecular weight is 339 g/mol. The second-order valence-electron chi connectivity index (χ2n) is 3.90. The van der Waals surface area contributed by atoms with Crippen LogP contribution in [0.2, 0.25) is 0 Å². The molecule has 1 N–H and O–H groups in total. The normalized spacial score (nSPS) is 10.2. The molecule has 7 nitrogen and oxygen atoms in total. The van der Waals surface area contributed by atoms with Gasteiger partial charge in [-0.25, -0.2) is 9.97 Å². The molecule has 104 valence electrons. The summed E-state index contributed by atoms with van der Waals surface area (Å²) in [5.74, 6) is 1.39. The van der Waals surface area contributed by atoms with E-state index in [1.54, 1.807) is 20.0 Å². The number of hydrogen-bond donors (Lipinski definition) is 1. The lowest BCUT2D eigenvalue weighted by Gasteiger charge is -2.09. The molecule has 0 saturated heterocycles. The van der Waals surface area contributed by atoms with Gasteiger partial charge in [0.2, 0.25) is 5.88 Å². The highest BCUT2D eigenvalue weighted by Crippen LogP contribution is 2.33. The zero-order valence-electron chi connectivity index (χ0n) is 10.8. The van der Waals surface area contributed by atoms with E-state index in [2.05, 4.69) is 31.2 Å². The van der Waals surface area contributed by atoms with E-state index < -0.39 is 4.92 Å². The fraction of sp³-hybridized carbons (Fsp3) is 0.167. The molecule has 0 saturated carbocycles. The van der Waals surface area contributed by atoms with Crippen LogP contribution in [0.4, 0.5) is 11.5 Å². The van der Waals surface area contributed by atoms with Crippen molar-refractivity contribution in [2.75, 3.05) is 12.4 Å². The Kier molecular flexibility index (Phi) is 4.14. The number of benzene rings is 1. The minimum Gasteiger partial charge on any atom is -0.438 e. The van der Waals surface area contributed by atoms with Gasteiger partial charge in [0.05, 0.1) is 4.92 Å². The molecule has 1 heterocycles. The van der Waals surface area contributed by atoms with Crippen molar-refractivity contribution in [3.8, 4) is 11.6 Å². The molecule has 20 heavy (non-hydrogen) atoms. The molecule has 0 unspecified atom stereocenters. The number of nitro benzene ring substituents is 1. The van der Waals surface area contributed by atoms with Gasteiger partial charge in [0.1, 0.15) is 22.4 Å². The molecule has 0 aliphatic carbocycles. The summed E-state index contributed by atoms with van der Waals surface area (Å²) in [5, 5.41) is 13.6. The van der Waals surface area contributed by atoms with Crippen molar-refractivity contribution in [3.63, 3.8) is 0 Å². The molecule has 0 atom stereocenters. The third-order valence-electron chi connectivity index (χ3n) is 2.57. The molecule has 2 aromatic rings. The smallest absolute Gasteiger partial charge is 0.272 e. The van der Waals surface area contributed by atoms with E-state index in [-0.39, 0.29) is 5.69 Å². The fourth-order valence-electron chi connectivity index (χ4n) is 1.61. The van der Waals surface area contributed by atoms with Gasteiger partial charge in [0.25, 0.3) is 5.69 Å². The van der Waals surface area contributed by atoms with E-state index in [4.69, 9.17) is 4.74 Å². The van der Waals surface area contributed by atoms with Gasteiger partial charge in [-0.15, -0.1) is 0 Å². The number of anilines is 1. The number of hydrogen-bond acceptors (Lipinski definition) is 6. The molecule has 0 aliphatic rings. The SMILES string of the molecule is CNc1ncnc(Oc2ccc([N+](=O)[O-])c(C)c2)c1Br. The number of ether oxygens (including phenoxy) is 1. The van der Waals surface area contributed by atoms with Crippen LogP contribution in [0.25, 0.3) is 0 Å². The van der Waals surface area contributed by atoms with Gasteiger partial charge in [0.15, 0.2) is 0 Å². The third kappa shape index (κ3) is 2.85. The Morgan fingerprint density at radius 2 is 2.15 bits per heavy atom. The molecular weight excluding hydrogens is 328 g/mol. The summed E-state index contributed by atoms with van der Waals surface area (Å²) in [4.78, 5) is 18.4. The molecule has 0 radical (unpaired) electrons. The van der Waals surface area contributed by atoms with E-state index in [1.165, 1.54) is 18.5 Å². The molecule has 1 aromatic heterocycles. The monoisotopic (exact) mass is 338 g/mol. The summed E-state index contributed by atoms with van der Waals surface area (Å²) in [5.41, 5.74) is 0.571. The number of halogens is 1. The zero-order chi connectivity index (χ0) is 14.7. The zero-order valence-corrected chi connectivity index (χ0v) is 12.3. The maximum atomic E-state index is 10.8. The first kappa shape index (κ1) is 14.2. The van der Waals surface area contributed by atoms with Crippen molar-refractivity contribution in [3.05, 3.63) is 44.7 Å². The van der Waals surface area contributed by atoms with Crippen molar-refractivity contribution in [1.29, 1.82) is 0 Å². The lowest BCUT2D eigenvalue weighted by Crippen LogP contribution is -1.98. The van der Waals surface area contributed by atoms with Gasteiger partial charge in [-0.3, -0.25) is 10.1 Å². The van der Waals surface area contributed by atoms with Crippen LogP contribution in [-0.2, 0) is 0 Å². The van der Waals surface area contributed by atoms with Gasteiger partial charge in [0, 0.05) is 18.7 Å². The lowest BCUT2D eigenvalue weighted by atomic mass is 10.2. The van der Waals surface area contributed by atoms with Crippen LogP contribution in [-0.4, -0.2) is 21.9 Å². The summed E-state index contributed by atoms with van der Waals surface area (Å²) in [6.07, 6.45) is 1.37. The second-order valence-corrected chi connectivity index (χ2v) is 4.69. The highest BCUT2D eigenvalue weighted by Gasteiger charge is 2.13. The summed E-state index contributed by atoms with van der Waals surface area (Å²) < 4.78 is 6.19. The molecule has 2 rings (SSSR count). The van der Waals surface area contributed by atoms with Gasteiger partial charge in [-0.05, 0) is 35.0 Å². The predicted octanol–water partition coefficient (Wildman–Crippen LogP) is 3.29. The van der Waals surface area contributed by atoms with Gasteiger partial charge >= 0.3 is 0 Å². The Labute approximate surface area is 123 Å². The molecule has 0 fully saturated rings. The fourth-order valence-corrected chi connectivity index (χ4v) is 2.09. The third-order valence-corrected chi connectivity index (χ3v) is 3.29. The highest BCUT2D eigenvalue weighted by atomic mass is 79.9. The number of aromatic nitrogens is 2. The first-order valence-corrected chi connectivity index (χ1v) is 6.43. The minimum absolute atomic E-state index is 0.0509. The van der Waals surface area contributed by atoms with Crippen LogP contribution >= 0.6 is 15.9 Å². The van der Waals surface area contributed by atoms with Gasteiger partial charge in [-0.2, -0.15) is 0 Å². The van der Waals surface area contributed by atoms with Gasteiger partial charge in [-0.1, -0.05) is 0 Å². The maximum Gasteiger partial charge on any atom is 0.272 e. The molecule has 1 aromatic carbocycles. The van der Waals surface area contributed by atoms with Crippen molar-refractivity contribution in [1.82, 2.24) is 9.97 Å². The van der Waals surface area contributed by atoms with Crippen molar-refractivity contribution < 1.29 is 9.66 Å². The highest BCUT2D eigenvalue weighted by molar-refractivity contribution is 9.10. The Balaban J connectivity index is 2.31. The van der Waals surface area contributed by atoms with E-state index in [0.717, 1.165) is 0 Å². The quantitative estimate of drug-likeness (QED) is 0.679. The first-order valence-electron chi connectivity index (χ1n) is 5.64. The van der Waals surface area contributed by atoms with Crippen LogP contribution in [0.3, 0.4) is 0 Å². The topological polar surface area (TPSA) is 90.2 Å². The largest absolute Gasteiger partial charge is 0.438 e. The number of aryl methyl sites for hydroxylation is 1. The van der Waals surface area contributed by atoms with Crippen molar-refractivity contribution in [2.24, 2.45) is 0 Å². The van der Waals surface area contributed by atoms with E-state index in [0.29, 0.717) is 27.5 Å². The second kappa shape index (κ2) is 5.83. The molecule has 0 aliphatic heterocycles. The standard InChI is InChI=1S/C12H11BrN4O3/c1-7-5-8(3-4-9(7)17(18)19)20-12-10(13)11(14-2)15-6-16-12/h3-6H,1-2H3,(H,14,15,16). The Hall–Kier alpha value is -2.22. The Morgan fingerprint density at radius 1 is 1.40 bits per heavy atom. The predicted molar refractivity (Wildman–Crippen MR) is 77.2 cm³/mol. The summed E-state index contributed by atoms with van der Waals surface area (Å²) in [7, 11) is 1.73. The number of rotatable bonds is 4. The van der Waals surface area contributed by atoms with E-state index >= 15 is 0 Å². The van der Waals surface area contributed by atoms with Crippen LogP contribution in [0, 0.1) is 17.0 Å². The maximum absolute atomic E-state index is 10.8. The summed E-state index contributed by atoms with van der Waals surface area (Å²) in [6, 6.07) is 4.52.